The molecule has 0 radical (unpaired) electrons. The Bertz CT molecular complexity index is 663. The van der Waals surface area contributed by atoms with E-state index in [-0.39, 0.29) is 11.6 Å². The summed E-state index contributed by atoms with van der Waals surface area (Å²) < 4.78 is 0. The molecule has 1 spiro atoms. The molecule has 2 amide bonds. The van der Waals surface area contributed by atoms with Crippen molar-refractivity contribution < 1.29 is 4.79 Å². The van der Waals surface area contributed by atoms with Gasteiger partial charge in [-0.25, -0.2) is 14.8 Å². The molecule has 4 rings (SSSR count). The molecule has 0 unspecified atom stereocenters. The van der Waals surface area contributed by atoms with Crippen LogP contribution in [0.15, 0.2) is 17.8 Å². The molecule has 2 saturated heterocycles. The molecule has 2 aromatic rings. The topological polar surface area (TPSA) is 61.4 Å². The van der Waals surface area contributed by atoms with Gasteiger partial charge in [-0.15, -0.1) is 11.3 Å². The van der Waals surface area contributed by atoms with Gasteiger partial charge in [-0.05, 0) is 11.4 Å². The molecule has 2 aliphatic heterocycles. The average molecular weight is 275 g/mol. The fourth-order valence-electron chi connectivity index (χ4n) is 2.86. The van der Waals surface area contributed by atoms with Crippen LogP contribution in [0.1, 0.15) is 0 Å². The van der Waals surface area contributed by atoms with Gasteiger partial charge in [0.15, 0.2) is 0 Å². The second kappa shape index (κ2) is 3.57. The third-order valence-corrected chi connectivity index (χ3v) is 4.92. The Balaban J connectivity index is 1.64. The maximum absolute atomic E-state index is 11.6. The fraction of sp³-hybridized carbons (Fsp3) is 0.417. The van der Waals surface area contributed by atoms with Crippen molar-refractivity contribution in [3.8, 4) is 0 Å². The van der Waals surface area contributed by atoms with Gasteiger partial charge in [-0.1, -0.05) is 0 Å². The van der Waals surface area contributed by atoms with Gasteiger partial charge in [0.2, 0.25) is 0 Å². The van der Waals surface area contributed by atoms with Crippen molar-refractivity contribution in [2.24, 2.45) is 0 Å². The van der Waals surface area contributed by atoms with Crippen molar-refractivity contribution in [3.63, 3.8) is 0 Å². The maximum Gasteiger partial charge on any atom is 0.317 e. The van der Waals surface area contributed by atoms with Crippen LogP contribution in [0.3, 0.4) is 0 Å². The summed E-state index contributed by atoms with van der Waals surface area (Å²) in [6.07, 6.45) is 1.61. The van der Waals surface area contributed by atoms with Crippen LogP contribution >= 0.6 is 11.3 Å². The van der Waals surface area contributed by atoms with E-state index in [4.69, 9.17) is 0 Å². The Kier molecular flexibility index (Phi) is 2.06. The Morgan fingerprint density at radius 2 is 2.26 bits per heavy atom. The van der Waals surface area contributed by atoms with Gasteiger partial charge in [-0.2, -0.15) is 0 Å². The molecule has 2 aromatic heterocycles. The van der Waals surface area contributed by atoms with Crippen LogP contribution in [0.4, 0.5) is 10.6 Å². The first-order valence-electron chi connectivity index (χ1n) is 6.14. The highest BCUT2D eigenvalue weighted by atomic mass is 32.1. The zero-order valence-electron chi connectivity index (χ0n) is 10.5. The molecular formula is C12H13N5OS. The highest BCUT2D eigenvalue weighted by molar-refractivity contribution is 7.16. The van der Waals surface area contributed by atoms with E-state index in [1.54, 1.807) is 17.7 Å². The fourth-order valence-corrected chi connectivity index (χ4v) is 3.59. The molecule has 7 heteroatoms. The number of thiophene rings is 1. The van der Waals surface area contributed by atoms with Crippen LogP contribution in [-0.4, -0.2) is 53.1 Å². The predicted molar refractivity (Wildman–Crippen MR) is 73.5 cm³/mol. The number of hydrogen-bond donors (Lipinski definition) is 1. The molecule has 19 heavy (non-hydrogen) atoms. The molecule has 0 aliphatic carbocycles. The number of nitrogens with one attached hydrogen (secondary N) is 1. The van der Waals surface area contributed by atoms with Crippen LogP contribution < -0.4 is 10.2 Å². The third-order valence-electron chi connectivity index (χ3n) is 4.10. The van der Waals surface area contributed by atoms with Gasteiger partial charge in [0.1, 0.15) is 17.0 Å². The largest absolute Gasteiger partial charge is 0.351 e. The first-order valence-corrected chi connectivity index (χ1v) is 7.02. The lowest BCUT2D eigenvalue weighted by Gasteiger charge is -2.51. The number of amides is 2. The van der Waals surface area contributed by atoms with Crippen LogP contribution in [0.2, 0.25) is 0 Å². The molecule has 4 heterocycles. The van der Waals surface area contributed by atoms with Crippen molar-refractivity contribution in [1.82, 2.24) is 20.2 Å². The van der Waals surface area contributed by atoms with E-state index in [0.717, 1.165) is 35.7 Å². The highest BCUT2D eigenvalue weighted by Gasteiger charge is 2.52. The Hall–Kier alpha value is -1.89. The lowest BCUT2D eigenvalue weighted by Crippen LogP contribution is -2.69. The smallest absolute Gasteiger partial charge is 0.317 e. The maximum atomic E-state index is 11.6. The zero-order valence-corrected chi connectivity index (χ0v) is 11.3. The number of fused-ring (bicyclic) bond motifs is 1. The summed E-state index contributed by atoms with van der Waals surface area (Å²) in [6.45, 7) is 2.37. The number of likely N-dealkylation sites (N-methyl/N-ethyl adjacent to an activating group) is 1. The third kappa shape index (κ3) is 1.39. The quantitative estimate of drug-likeness (QED) is 0.840. The van der Waals surface area contributed by atoms with E-state index in [1.165, 1.54) is 0 Å². The van der Waals surface area contributed by atoms with Gasteiger partial charge >= 0.3 is 6.03 Å². The normalized spacial score (nSPS) is 21.0. The van der Waals surface area contributed by atoms with Crippen LogP contribution in [0.5, 0.6) is 0 Å². The molecule has 0 bridgehead atoms. The SMILES string of the molecule is CN1C(=O)NCC12CN(c1ncnc3sccc13)C2. The molecule has 6 nitrogen and oxygen atoms in total. The summed E-state index contributed by atoms with van der Waals surface area (Å²) in [5.74, 6) is 0.977. The molecule has 98 valence electrons. The van der Waals surface area contributed by atoms with Crippen molar-refractivity contribution in [2.75, 3.05) is 31.6 Å². The lowest BCUT2D eigenvalue weighted by molar-refractivity contribution is 0.151. The van der Waals surface area contributed by atoms with Crippen molar-refractivity contribution >= 4 is 33.4 Å². The Morgan fingerprint density at radius 1 is 1.42 bits per heavy atom. The number of carbonyl (C=O) groups is 1. The van der Waals surface area contributed by atoms with E-state index < -0.39 is 0 Å². The molecule has 0 aromatic carbocycles. The minimum atomic E-state index is -0.0651. The molecule has 2 aliphatic rings. The number of hydrogen-bond acceptors (Lipinski definition) is 5. The summed E-state index contributed by atoms with van der Waals surface area (Å²) >= 11 is 1.62. The van der Waals surface area contributed by atoms with E-state index in [1.807, 2.05) is 17.3 Å². The van der Waals surface area contributed by atoms with Crippen molar-refractivity contribution in [1.29, 1.82) is 0 Å². The summed E-state index contributed by atoms with van der Waals surface area (Å²) in [4.78, 5) is 25.3. The van der Waals surface area contributed by atoms with Crippen LogP contribution in [-0.2, 0) is 0 Å². The summed E-state index contributed by atoms with van der Waals surface area (Å²) in [6, 6.07) is 2.07. The Labute approximate surface area is 114 Å². The van der Waals surface area contributed by atoms with E-state index >= 15 is 0 Å². The zero-order chi connectivity index (χ0) is 13.0. The van der Waals surface area contributed by atoms with Crippen molar-refractivity contribution in [2.45, 2.75) is 5.54 Å². The molecule has 2 fully saturated rings. The monoisotopic (exact) mass is 275 g/mol. The molecular weight excluding hydrogens is 262 g/mol. The van der Waals surface area contributed by atoms with Gasteiger partial charge in [0, 0.05) is 26.7 Å². The van der Waals surface area contributed by atoms with E-state index in [9.17, 15) is 4.79 Å². The molecule has 0 atom stereocenters. The first-order chi connectivity index (χ1) is 9.20. The van der Waals surface area contributed by atoms with Gasteiger partial charge in [0.25, 0.3) is 0 Å². The molecule has 1 N–H and O–H groups in total. The lowest BCUT2D eigenvalue weighted by atomic mass is 9.89. The standard InChI is InChI=1S/C12H13N5OS/c1-16-11(18)13-4-12(16)5-17(6-12)9-8-2-3-19-10(8)15-7-14-9/h2-3,7H,4-6H2,1H3,(H,13,18). The first kappa shape index (κ1) is 11.0. The number of rotatable bonds is 1. The van der Waals surface area contributed by atoms with Gasteiger partial charge in [0.05, 0.1) is 10.9 Å². The van der Waals surface area contributed by atoms with E-state index in [0.29, 0.717) is 0 Å². The van der Waals surface area contributed by atoms with Gasteiger partial charge in [-0.3, -0.25) is 0 Å². The van der Waals surface area contributed by atoms with E-state index in [2.05, 4.69) is 26.3 Å². The van der Waals surface area contributed by atoms with Gasteiger partial charge < -0.3 is 15.1 Å². The average Bonchev–Trinajstić information content (AvgIpc) is 2.94. The molecule has 0 saturated carbocycles. The predicted octanol–water partition coefficient (Wildman–Crippen LogP) is 0.905. The van der Waals surface area contributed by atoms with Crippen LogP contribution in [0.25, 0.3) is 10.2 Å². The minimum absolute atomic E-state index is 0.0167. The number of carbonyl (C=O) groups excluding carboxylic acids is 1. The highest BCUT2D eigenvalue weighted by Crippen LogP contribution is 2.36. The number of urea groups is 1. The minimum Gasteiger partial charge on any atom is -0.351 e. The number of anilines is 1. The van der Waals surface area contributed by atoms with Crippen LogP contribution in [0, 0.1) is 0 Å². The summed E-state index contributed by atoms with van der Waals surface area (Å²) in [5, 5.41) is 6.03. The Morgan fingerprint density at radius 3 is 3.00 bits per heavy atom. The number of nitrogens with zero attached hydrogens (tertiary/aromatic N) is 4. The second-order valence-electron chi connectivity index (χ2n) is 5.13. The summed E-state index contributed by atoms with van der Waals surface area (Å²) in [7, 11) is 1.86. The second-order valence-corrected chi connectivity index (χ2v) is 6.03. The summed E-state index contributed by atoms with van der Waals surface area (Å²) in [5.41, 5.74) is -0.0651. The van der Waals surface area contributed by atoms with Crippen molar-refractivity contribution in [3.05, 3.63) is 17.8 Å². The number of aromatic nitrogens is 2.